The van der Waals surface area contributed by atoms with Crippen molar-refractivity contribution < 1.29 is 9.53 Å². The third-order valence-corrected chi connectivity index (χ3v) is 1.84. The van der Waals surface area contributed by atoms with E-state index >= 15 is 0 Å². The van der Waals surface area contributed by atoms with Gasteiger partial charge >= 0.3 is 5.97 Å². The lowest BCUT2D eigenvalue weighted by molar-refractivity contribution is -0.137. The van der Waals surface area contributed by atoms with Crippen molar-refractivity contribution >= 4 is 28.6 Å². The molecule has 12 heavy (non-hydrogen) atoms. The molecule has 3 heteroatoms. The molecule has 0 spiro atoms. The first kappa shape index (κ1) is 11.9. The van der Waals surface area contributed by atoms with Crippen molar-refractivity contribution in [2.45, 2.75) is 26.2 Å². The van der Waals surface area contributed by atoms with Gasteiger partial charge in [0, 0.05) is 10.5 Å². The third kappa shape index (κ3) is 8.04. The standard InChI is InChI=1S/C9H15IO2/c1-2-3-4-8-12-9(11)6-5-7-10/h5-6H,2-4,7-8H2,1H3/b6-5+. The molecule has 0 unspecified atom stereocenters. The van der Waals surface area contributed by atoms with E-state index in [1.807, 2.05) is 0 Å². The average molecular weight is 282 g/mol. The van der Waals surface area contributed by atoms with Crippen molar-refractivity contribution in [1.82, 2.24) is 0 Å². The number of unbranched alkanes of at least 4 members (excludes halogenated alkanes) is 2. The number of allylic oxidation sites excluding steroid dienone is 1. The van der Waals surface area contributed by atoms with Crippen LogP contribution in [-0.4, -0.2) is 17.0 Å². The number of esters is 1. The van der Waals surface area contributed by atoms with Crippen molar-refractivity contribution in [3.05, 3.63) is 12.2 Å². The number of rotatable bonds is 6. The summed E-state index contributed by atoms with van der Waals surface area (Å²) in [6, 6.07) is 0. The van der Waals surface area contributed by atoms with Crippen molar-refractivity contribution in [2.75, 3.05) is 11.0 Å². The second kappa shape index (κ2) is 9.03. The summed E-state index contributed by atoms with van der Waals surface area (Å²) >= 11 is 2.18. The Morgan fingerprint density at radius 2 is 2.25 bits per heavy atom. The van der Waals surface area contributed by atoms with Crippen molar-refractivity contribution in [3.63, 3.8) is 0 Å². The summed E-state index contributed by atoms with van der Waals surface area (Å²) in [4.78, 5) is 10.9. The molecule has 0 aliphatic carbocycles. The Labute approximate surface area is 87.5 Å². The van der Waals surface area contributed by atoms with Crippen molar-refractivity contribution in [3.8, 4) is 0 Å². The van der Waals surface area contributed by atoms with Crippen LogP contribution in [0.1, 0.15) is 26.2 Å². The van der Waals surface area contributed by atoms with Gasteiger partial charge in [-0.2, -0.15) is 0 Å². The second-order valence-electron chi connectivity index (χ2n) is 2.43. The Morgan fingerprint density at radius 3 is 2.83 bits per heavy atom. The number of hydrogen-bond acceptors (Lipinski definition) is 2. The van der Waals surface area contributed by atoms with Gasteiger partial charge in [-0.05, 0) is 6.42 Å². The van der Waals surface area contributed by atoms with Crippen LogP contribution in [0.15, 0.2) is 12.2 Å². The fourth-order valence-corrected chi connectivity index (χ4v) is 0.968. The Bertz CT molecular complexity index is 143. The minimum Gasteiger partial charge on any atom is -0.463 e. The van der Waals surface area contributed by atoms with E-state index in [2.05, 4.69) is 29.5 Å². The van der Waals surface area contributed by atoms with E-state index in [4.69, 9.17) is 4.74 Å². The molecule has 0 fully saturated rings. The zero-order valence-corrected chi connectivity index (χ0v) is 9.54. The number of carbonyl (C=O) groups excluding carboxylic acids is 1. The Hall–Kier alpha value is -0.0600. The summed E-state index contributed by atoms with van der Waals surface area (Å²) in [6.07, 6.45) is 6.53. The molecule has 0 atom stereocenters. The van der Waals surface area contributed by atoms with Crippen LogP contribution >= 0.6 is 22.6 Å². The SMILES string of the molecule is CCCCCOC(=O)/C=C/CI. The summed E-state index contributed by atoms with van der Waals surface area (Å²) in [5.74, 6) is -0.220. The van der Waals surface area contributed by atoms with E-state index in [1.165, 1.54) is 6.08 Å². The highest BCUT2D eigenvalue weighted by molar-refractivity contribution is 14.1. The largest absolute Gasteiger partial charge is 0.463 e. The first-order valence-electron chi connectivity index (χ1n) is 4.20. The summed E-state index contributed by atoms with van der Waals surface area (Å²) in [5, 5.41) is 0. The second-order valence-corrected chi connectivity index (χ2v) is 3.31. The van der Waals surface area contributed by atoms with Gasteiger partial charge in [-0.25, -0.2) is 4.79 Å². The lowest BCUT2D eigenvalue weighted by Gasteiger charge is -1.99. The van der Waals surface area contributed by atoms with E-state index in [0.29, 0.717) is 6.61 Å². The number of alkyl halides is 1. The lowest BCUT2D eigenvalue weighted by atomic mass is 10.3. The highest BCUT2D eigenvalue weighted by atomic mass is 127. The normalized spacial score (nSPS) is 10.5. The fourth-order valence-electron chi connectivity index (χ4n) is 0.714. The monoisotopic (exact) mass is 282 g/mol. The molecule has 0 saturated heterocycles. The van der Waals surface area contributed by atoms with Gasteiger partial charge in [-0.1, -0.05) is 48.4 Å². The van der Waals surface area contributed by atoms with Gasteiger partial charge in [0.1, 0.15) is 0 Å². The summed E-state index contributed by atoms with van der Waals surface area (Å²) < 4.78 is 5.77. The quantitative estimate of drug-likeness (QED) is 0.246. The maximum atomic E-state index is 10.9. The molecule has 0 amide bonds. The molecule has 2 nitrogen and oxygen atoms in total. The van der Waals surface area contributed by atoms with E-state index in [0.717, 1.165) is 23.7 Å². The molecule has 0 aromatic heterocycles. The Kier molecular flexibility index (Phi) is 8.99. The molecule has 0 heterocycles. The van der Waals surface area contributed by atoms with Gasteiger partial charge in [0.2, 0.25) is 0 Å². The predicted octanol–water partition coefficient (Wildman–Crippen LogP) is 2.71. The number of ether oxygens (including phenoxy) is 1. The van der Waals surface area contributed by atoms with Crippen LogP contribution in [0, 0.1) is 0 Å². The molecule has 0 radical (unpaired) electrons. The molecular weight excluding hydrogens is 267 g/mol. The fraction of sp³-hybridized carbons (Fsp3) is 0.667. The van der Waals surface area contributed by atoms with Gasteiger partial charge in [-0.3, -0.25) is 0 Å². The van der Waals surface area contributed by atoms with Crippen LogP contribution in [-0.2, 0) is 9.53 Å². The van der Waals surface area contributed by atoms with Gasteiger partial charge < -0.3 is 4.74 Å². The molecule has 0 aromatic carbocycles. The first-order chi connectivity index (χ1) is 5.81. The third-order valence-electron chi connectivity index (χ3n) is 1.34. The highest BCUT2D eigenvalue weighted by Gasteiger charge is 1.94. The molecule has 0 N–H and O–H groups in total. The minimum atomic E-state index is -0.220. The zero-order chi connectivity index (χ0) is 9.23. The zero-order valence-electron chi connectivity index (χ0n) is 7.38. The average Bonchev–Trinajstić information content (AvgIpc) is 2.09. The molecule has 0 saturated carbocycles. The Morgan fingerprint density at radius 1 is 1.50 bits per heavy atom. The van der Waals surface area contributed by atoms with Gasteiger partial charge in [0.15, 0.2) is 0 Å². The van der Waals surface area contributed by atoms with Gasteiger partial charge in [0.05, 0.1) is 6.61 Å². The van der Waals surface area contributed by atoms with E-state index in [1.54, 1.807) is 6.08 Å². The molecule has 0 aliphatic rings. The number of halogens is 1. The highest BCUT2D eigenvalue weighted by Crippen LogP contribution is 1.95. The van der Waals surface area contributed by atoms with E-state index in [9.17, 15) is 4.79 Å². The molecule has 0 rings (SSSR count). The smallest absolute Gasteiger partial charge is 0.330 e. The first-order valence-corrected chi connectivity index (χ1v) is 5.73. The van der Waals surface area contributed by atoms with E-state index < -0.39 is 0 Å². The van der Waals surface area contributed by atoms with E-state index in [-0.39, 0.29) is 5.97 Å². The predicted molar refractivity (Wildman–Crippen MR) is 58.5 cm³/mol. The van der Waals surface area contributed by atoms with Gasteiger partial charge in [-0.15, -0.1) is 0 Å². The number of hydrogen-bond donors (Lipinski definition) is 0. The maximum absolute atomic E-state index is 10.9. The van der Waals surface area contributed by atoms with Crippen LogP contribution in [0.2, 0.25) is 0 Å². The summed E-state index contributed by atoms with van der Waals surface area (Å²) in [7, 11) is 0. The molecule has 0 aromatic rings. The lowest BCUT2D eigenvalue weighted by Crippen LogP contribution is -2.01. The summed E-state index contributed by atoms with van der Waals surface area (Å²) in [6.45, 7) is 2.68. The minimum absolute atomic E-state index is 0.220. The van der Waals surface area contributed by atoms with Gasteiger partial charge in [0.25, 0.3) is 0 Å². The maximum Gasteiger partial charge on any atom is 0.330 e. The van der Waals surface area contributed by atoms with Crippen LogP contribution in [0.3, 0.4) is 0 Å². The number of carbonyl (C=O) groups is 1. The van der Waals surface area contributed by atoms with Crippen LogP contribution < -0.4 is 0 Å². The molecule has 0 aliphatic heterocycles. The summed E-state index contributed by atoms with van der Waals surface area (Å²) in [5.41, 5.74) is 0. The Balaban J connectivity index is 3.25. The van der Waals surface area contributed by atoms with Crippen LogP contribution in [0.25, 0.3) is 0 Å². The van der Waals surface area contributed by atoms with Crippen LogP contribution in [0.5, 0.6) is 0 Å². The van der Waals surface area contributed by atoms with Crippen LogP contribution in [0.4, 0.5) is 0 Å². The van der Waals surface area contributed by atoms with Crippen molar-refractivity contribution in [1.29, 1.82) is 0 Å². The molecular formula is C9H15IO2. The van der Waals surface area contributed by atoms with Crippen molar-refractivity contribution in [2.24, 2.45) is 0 Å². The topological polar surface area (TPSA) is 26.3 Å². The molecule has 0 bridgehead atoms. The molecule has 70 valence electrons.